The Bertz CT molecular complexity index is 1470. The Morgan fingerprint density at radius 2 is 1.56 bits per heavy atom. The van der Waals surface area contributed by atoms with Crippen molar-refractivity contribution in [3.05, 3.63) is 82.5 Å². The number of amides is 3. The molecule has 3 aromatic rings. The monoisotopic (exact) mass is 606 g/mol. The Kier molecular flexibility index (Phi) is 9.65. The van der Waals surface area contributed by atoms with Crippen LogP contribution in [-0.2, 0) is 10.2 Å². The lowest BCUT2D eigenvalue weighted by Crippen LogP contribution is -2.44. The first-order valence-electron chi connectivity index (χ1n) is 14.3. The molecule has 4 rings (SSSR count). The molecule has 1 saturated heterocycles. The van der Waals surface area contributed by atoms with Gasteiger partial charge in [0, 0.05) is 32.1 Å². The fraction of sp³-hybridized carbons (Fsp3) is 0.394. The molecule has 2 N–H and O–H groups in total. The van der Waals surface area contributed by atoms with Gasteiger partial charge in [0.05, 0.1) is 21.8 Å². The van der Waals surface area contributed by atoms with Crippen LogP contribution in [0.2, 0.25) is 5.02 Å². The molecule has 0 aliphatic carbocycles. The first kappa shape index (κ1) is 31.8. The summed E-state index contributed by atoms with van der Waals surface area (Å²) in [6.45, 7) is 12.8. The number of nitrogens with one attached hydrogen (secondary N) is 2. The maximum Gasteiger partial charge on any atom is 0.410 e. The van der Waals surface area contributed by atoms with E-state index in [-0.39, 0.29) is 23.2 Å². The lowest BCUT2D eigenvalue weighted by molar-refractivity contribution is 0.0126. The van der Waals surface area contributed by atoms with E-state index < -0.39 is 17.4 Å². The van der Waals surface area contributed by atoms with Crippen LogP contribution in [0.3, 0.4) is 0 Å². The summed E-state index contributed by atoms with van der Waals surface area (Å²) in [5, 5.41) is 6.08. The fourth-order valence-corrected chi connectivity index (χ4v) is 4.66. The maximum atomic E-state index is 13.7. The smallest absolute Gasteiger partial charge is 0.410 e. The molecule has 43 heavy (non-hydrogen) atoms. The summed E-state index contributed by atoms with van der Waals surface area (Å²) in [5.41, 5.74) is 1.24. The Labute approximate surface area is 257 Å². The summed E-state index contributed by atoms with van der Waals surface area (Å²) < 4.78 is 11.9. The van der Waals surface area contributed by atoms with Gasteiger partial charge in [-0.1, -0.05) is 50.6 Å². The van der Waals surface area contributed by atoms with E-state index in [9.17, 15) is 14.4 Å². The minimum Gasteiger partial charge on any atom is -0.489 e. The summed E-state index contributed by atoms with van der Waals surface area (Å²) >= 11 is 5.90. The number of carbonyl (C=O) groups excluding carboxylic acids is 3. The fourth-order valence-electron chi connectivity index (χ4n) is 4.55. The largest absolute Gasteiger partial charge is 0.489 e. The number of ether oxygens (including phenoxy) is 2. The second-order valence-electron chi connectivity index (χ2n) is 12.6. The molecule has 3 amide bonds. The highest BCUT2D eigenvalue weighted by molar-refractivity contribution is 6.30. The second kappa shape index (κ2) is 13.0. The van der Waals surface area contributed by atoms with Gasteiger partial charge in [-0.15, -0.1) is 0 Å². The SMILES string of the molecule is CC(C)(C)OC(=O)N1CCC(Oc2cc(C(C)(C)C)ccc2C(=O)Nc2ccccc2C(=O)Nc2ccc(Cl)cn2)CC1. The first-order valence-corrected chi connectivity index (χ1v) is 14.7. The van der Waals surface area contributed by atoms with Crippen molar-refractivity contribution in [1.29, 1.82) is 0 Å². The van der Waals surface area contributed by atoms with E-state index in [0.29, 0.717) is 53.8 Å². The molecule has 1 aliphatic rings. The van der Waals surface area contributed by atoms with Crippen molar-refractivity contribution < 1.29 is 23.9 Å². The van der Waals surface area contributed by atoms with Crippen molar-refractivity contribution in [1.82, 2.24) is 9.88 Å². The zero-order valence-corrected chi connectivity index (χ0v) is 26.2. The molecule has 2 aromatic carbocycles. The third kappa shape index (κ3) is 8.70. The van der Waals surface area contributed by atoms with Crippen molar-refractivity contribution in [2.75, 3.05) is 23.7 Å². The van der Waals surface area contributed by atoms with Gasteiger partial charge < -0.3 is 25.0 Å². The van der Waals surface area contributed by atoms with Crippen molar-refractivity contribution in [3.63, 3.8) is 0 Å². The van der Waals surface area contributed by atoms with Crippen molar-refractivity contribution in [2.45, 2.75) is 71.5 Å². The van der Waals surface area contributed by atoms with Gasteiger partial charge in [0.15, 0.2) is 0 Å². The first-order chi connectivity index (χ1) is 20.2. The van der Waals surface area contributed by atoms with Crippen LogP contribution in [0.5, 0.6) is 5.75 Å². The molecule has 10 heteroatoms. The molecular weight excluding hydrogens is 568 g/mol. The number of hydrogen-bond donors (Lipinski definition) is 2. The quantitative estimate of drug-likeness (QED) is 0.304. The average molecular weight is 607 g/mol. The predicted octanol–water partition coefficient (Wildman–Crippen LogP) is 7.32. The molecule has 2 heterocycles. The van der Waals surface area contributed by atoms with Crippen molar-refractivity contribution in [3.8, 4) is 5.75 Å². The predicted molar refractivity (Wildman–Crippen MR) is 168 cm³/mol. The van der Waals surface area contributed by atoms with Gasteiger partial charge in [0.1, 0.15) is 23.3 Å². The van der Waals surface area contributed by atoms with E-state index in [0.717, 1.165) is 5.56 Å². The van der Waals surface area contributed by atoms with Crippen LogP contribution in [0.4, 0.5) is 16.3 Å². The van der Waals surface area contributed by atoms with E-state index >= 15 is 0 Å². The van der Waals surface area contributed by atoms with E-state index in [1.165, 1.54) is 6.20 Å². The Morgan fingerprint density at radius 3 is 2.19 bits per heavy atom. The summed E-state index contributed by atoms with van der Waals surface area (Å²) in [6.07, 6.45) is 2.11. The van der Waals surface area contributed by atoms with Crippen LogP contribution in [-0.4, -0.2) is 52.6 Å². The number of halogens is 1. The number of nitrogens with zero attached hydrogens (tertiary/aromatic N) is 2. The number of piperidine rings is 1. The van der Waals surface area contributed by atoms with Crippen molar-refractivity contribution >= 4 is 41.0 Å². The molecule has 9 nitrogen and oxygen atoms in total. The second-order valence-corrected chi connectivity index (χ2v) is 13.0. The Morgan fingerprint density at radius 1 is 0.884 bits per heavy atom. The summed E-state index contributed by atoms with van der Waals surface area (Å²) in [5.74, 6) is -0.0526. The van der Waals surface area contributed by atoms with Gasteiger partial charge in [-0.25, -0.2) is 9.78 Å². The molecule has 1 fully saturated rings. The maximum absolute atomic E-state index is 13.7. The minimum absolute atomic E-state index is 0.173. The van der Waals surface area contributed by atoms with Crippen molar-refractivity contribution in [2.24, 2.45) is 0 Å². The molecule has 0 spiro atoms. The number of anilines is 2. The number of hydrogen-bond acceptors (Lipinski definition) is 6. The average Bonchev–Trinajstić information content (AvgIpc) is 2.93. The highest BCUT2D eigenvalue weighted by Gasteiger charge is 2.29. The third-order valence-electron chi connectivity index (χ3n) is 6.87. The number of carbonyl (C=O) groups is 3. The molecular formula is C33H39ClN4O5. The number of para-hydroxylation sites is 1. The van der Waals surface area contributed by atoms with Crippen LogP contribution in [0, 0.1) is 0 Å². The third-order valence-corrected chi connectivity index (χ3v) is 7.09. The topological polar surface area (TPSA) is 110 Å². The van der Waals surface area contributed by atoms with Crippen LogP contribution in [0.15, 0.2) is 60.8 Å². The standard InChI is InChI=1S/C33H39ClN4O5/c1-32(2,3)21-11-13-25(27(19-21)42-23-15-17-38(18-16-23)31(41)43-33(4,5)6)30(40)36-26-10-8-7-9-24(26)29(39)37-28-14-12-22(34)20-35-28/h7-14,19-20,23H,15-18H2,1-6H3,(H,36,40)(H,35,37,39). The molecule has 1 aliphatic heterocycles. The molecule has 0 atom stereocenters. The van der Waals surface area contributed by atoms with Gasteiger partial charge in [-0.3, -0.25) is 9.59 Å². The zero-order valence-electron chi connectivity index (χ0n) is 25.5. The summed E-state index contributed by atoms with van der Waals surface area (Å²) in [7, 11) is 0. The lowest BCUT2D eigenvalue weighted by atomic mass is 9.86. The van der Waals surface area contributed by atoms with Crippen LogP contribution in [0.25, 0.3) is 0 Å². The van der Waals surface area contributed by atoms with Crippen LogP contribution in [0.1, 0.15) is 80.7 Å². The van der Waals surface area contributed by atoms with Crippen LogP contribution >= 0.6 is 11.6 Å². The van der Waals surface area contributed by atoms with Crippen LogP contribution < -0.4 is 15.4 Å². The molecule has 228 valence electrons. The highest BCUT2D eigenvalue weighted by atomic mass is 35.5. The molecule has 0 radical (unpaired) electrons. The summed E-state index contributed by atoms with van der Waals surface area (Å²) in [4.78, 5) is 45.1. The molecule has 0 bridgehead atoms. The zero-order chi connectivity index (χ0) is 31.4. The number of rotatable bonds is 6. The van der Waals surface area contributed by atoms with Gasteiger partial charge >= 0.3 is 6.09 Å². The van der Waals surface area contributed by atoms with E-state index in [4.69, 9.17) is 21.1 Å². The normalized spacial score (nSPS) is 14.2. The summed E-state index contributed by atoms with van der Waals surface area (Å²) in [6, 6.07) is 15.5. The van der Waals surface area contributed by atoms with E-state index in [2.05, 4.69) is 36.4 Å². The molecule has 0 saturated carbocycles. The molecule has 1 aromatic heterocycles. The van der Waals surface area contributed by atoms with Gasteiger partial charge in [-0.05, 0) is 68.1 Å². The van der Waals surface area contributed by atoms with E-state index in [1.54, 1.807) is 47.4 Å². The van der Waals surface area contributed by atoms with Gasteiger partial charge in [0.2, 0.25) is 0 Å². The number of benzene rings is 2. The highest BCUT2D eigenvalue weighted by Crippen LogP contribution is 2.32. The Hall–Kier alpha value is -4.11. The lowest BCUT2D eigenvalue weighted by Gasteiger charge is -2.34. The number of likely N-dealkylation sites (tertiary alicyclic amines) is 1. The van der Waals surface area contributed by atoms with Gasteiger partial charge in [0.25, 0.3) is 11.8 Å². The minimum atomic E-state index is -0.563. The number of aromatic nitrogens is 1. The van der Waals surface area contributed by atoms with E-state index in [1.807, 2.05) is 32.9 Å². The Balaban J connectivity index is 1.52. The molecule has 0 unspecified atom stereocenters. The van der Waals surface area contributed by atoms with Gasteiger partial charge in [-0.2, -0.15) is 0 Å². The number of pyridine rings is 1.